The number of hydrogen-bond acceptors (Lipinski definition) is 2. The van der Waals surface area contributed by atoms with Gasteiger partial charge in [-0.1, -0.05) is 200 Å². The van der Waals surface area contributed by atoms with Crippen molar-refractivity contribution in [2.24, 2.45) is 0 Å². The molecule has 0 aliphatic heterocycles. The summed E-state index contributed by atoms with van der Waals surface area (Å²) in [6.07, 6.45) is 0. The Labute approximate surface area is 388 Å². The molecule has 0 saturated carbocycles. The summed E-state index contributed by atoms with van der Waals surface area (Å²) in [5.41, 5.74) is 17.6. The molecule has 0 unspecified atom stereocenters. The van der Waals surface area contributed by atoms with Gasteiger partial charge in [-0.25, -0.2) is 0 Å². The van der Waals surface area contributed by atoms with Crippen molar-refractivity contribution in [3.05, 3.63) is 255 Å². The molecule has 2 heterocycles. The van der Waals surface area contributed by atoms with E-state index in [0.29, 0.717) is 0 Å². The van der Waals surface area contributed by atoms with Gasteiger partial charge in [0.25, 0.3) is 0 Å². The molecule has 0 bridgehead atoms. The van der Waals surface area contributed by atoms with E-state index in [4.69, 9.17) is 4.42 Å². The highest BCUT2D eigenvalue weighted by molar-refractivity contribution is 6.12. The van der Waals surface area contributed by atoms with Crippen LogP contribution in [0.3, 0.4) is 0 Å². The lowest BCUT2D eigenvalue weighted by Gasteiger charge is -2.30. The number of aromatic nitrogens is 1. The van der Waals surface area contributed by atoms with E-state index < -0.39 is 0 Å². The minimum atomic E-state index is 0.885. The molecule has 67 heavy (non-hydrogen) atoms. The SMILES string of the molecule is c1ccc(N(c2ccc(-c3ccc(-c4ccccc4-n4c5ccccc5c5ccccc54)cc3)cc2)c2ccccc2-c2cccc3c2oc2ccccc23)c(-c2ccc3ccccc3c2)c1. The summed E-state index contributed by atoms with van der Waals surface area (Å²) in [5.74, 6) is 0. The maximum Gasteiger partial charge on any atom is 0.143 e. The van der Waals surface area contributed by atoms with Crippen LogP contribution in [0.25, 0.3) is 105 Å². The molecule has 0 aliphatic carbocycles. The lowest BCUT2D eigenvalue weighted by Crippen LogP contribution is -2.12. The first-order chi connectivity index (χ1) is 33.2. The van der Waals surface area contributed by atoms with E-state index in [-0.39, 0.29) is 0 Å². The molecule has 0 aliphatic rings. The van der Waals surface area contributed by atoms with E-state index in [1.165, 1.54) is 43.7 Å². The number of para-hydroxylation sites is 7. The summed E-state index contributed by atoms with van der Waals surface area (Å²) < 4.78 is 9.07. The number of rotatable bonds is 8. The fourth-order valence-corrected chi connectivity index (χ4v) is 10.3. The van der Waals surface area contributed by atoms with Gasteiger partial charge in [0, 0.05) is 49.5 Å². The van der Waals surface area contributed by atoms with E-state index >= 15 is 0 Å². The molecule has 0 radical (unpaired) electrons. The van der Waals surface area contributed by atoms with Crippen LogP contribution in [0.2, 0.25) is 0 Å². The zero-order valence-electron chi connectivity index (χ0n) is 36.6. The van der Waals surface area contributed by atoms with Crippen molar-refractivity contribution in [2.75, 3.05) is 4.90 Å². The quantitative estimate of drug-likeness (QED) is 0.152. The second-order valence-electron chi connectivity index (χ2n) is 17.2. The number of nitrogens with zero attached hydrogens (tertiary/aromatic N) is 2. The third kappa shape index (κ3) is 6.51. The molecule has 0 atom stereocenters. The Morgan fingerprint density at radius 1 is 0.313 bits per heavy atom. The Balaban J connectivity index is 0.922. The molecule has 0 saturated heterocycles. The van der Waals surface area contributed by atoms with Crippen LogP contribution in [-0.4, -0.2) is 4.57 Å². The highest BCUT2D eigenvalue weighted by Gasteiger charge is 2.23. The molecule has 314 valence electrons. The van der Waals surface area contributed by atoms with Gasteiger partial charge in [-0.05, 0) is 87.6 Å². The summed E-state index contributed by atoms with van der Waals surface area (Å²) in [5, 5.41) is 7.18. The van der Waals surface area contributed by atoms with Gasteiger partial charge >= 0.3 is 0 Å². The van der Waals surface area contributed by atoms with Gasteiger partial charge in [0.05, 0.1) is 28.1 Å². The van der Waals surface area contributed by atoms with Crippen LogP contribution >= 0.6 is 0 Å². The van der Waals surface area contributed by atoms with Crippen LogP contribution in [-0.2, 0) is 0 Å². The molecule has 0 spiro atoms. The number of fused-ring (bicyclic) bond motifs is 7. The monoisotopic (exact) mass is 854 g/mol. The molecule has 2 aromatic heterocycles. The van der Waals surface area contributed by atoms with E-state index in [9.17, 15) is 0 Å². The Hall–Kier alpha value is -8.92. The van der Waals surface area contributed by atoms with Crippen LogP contribution < -0.4 is 4.90 Å². The van der Waals surface area contributed by atoms with Gasteiger partial charge in [0.15, 0.2) is 0 Å². The molecule has 0 N–H and O–H groups in total. The standard InChI is InChI=1S/C64H42N2O/c1-2-17-47-42-48(37-34-43(47)16-1)51-19-4-9-26-58(51)65(60-28-11-7-22-54(60)56-24-15-25-57-55-23-8-14-31-63(55)67-64(56)57)49-40-38-45(39-41-49)44-32-35-46(36-33-44)50-18-3-10-27-59(50)66-61-29-12-5-20-52(61)53-21-6-13-30-62(53)66/h1-42H. The minimum Gasteiger partial charge on any atom is -0.455 e. The Bertz CT molecular complexity index is 3930. The molecule has 13 aromatic rings. The van der Waals surface area contributed by atoms with Crippen LogP contribution in [0.15, 0.2) is 259 Å². The number of hydrogen-bond donors (Lipinski definition) is 0. The van der Waals surface area contributed by atoms with Crippen molar-refractivity contribution in [1.29, 1.82) is 0 Å². The third-order valence-electron chi connectivity index (χ3n) is 13.4. The fourth-order valence-electron chi connectivity index (χ4n) is 10.3. The maximum absolute atomic E-state index is 6.66. The molecule has 13 rings (SSSR count). The summed E-state index contributed by atoms with van der Waals surface area (Å²) >= 11 is 0. The average molecular weight is 855 g/mol. The second-order valence-corrected chi connectivity index (χ2v) is 17.2. The van der Waals surface area contributed by atoms with Crippen molar-refractivity contribution in [1.82, 2.24) is 4.57 Å². The van der Waals surface area contributed by atoms with Gasteiger partial charge in [0.1, 0.15) is 11.2 Å². The second kappa shape index (κ2) is 16.0. The first kappa shape index (κ1) is 38.5. The van der Waals surface area contributed by atoms with E-state index in [2.05, 4.69) is 258 Å². The number of anilines is 3. The summed E-state index contributed by atoms with van der Waals surface area (Å²) in [7, 11) is 0. The molecule has 11 aromatic carbocycles. The van der Waals surface area contributed by atoms with Crippen LogP contribution in [0.4, 0.5) is 17.1 Å². The topological polar surface area (TPSA) is 21.3 Å². The predicted molar refractivity (Wildman–Crippen MR) is 282 cm³/mol. The predicted octanol–water partition coefficient (Wildman–Crippen LogP) is 18.0. The van der Waals surface area contributed by atoms with Gasteiger partial charge < -0.3 is 13.9 Å². The van der Waals surface area contributed by atoms with Gasteiger partial charge in [-0.3, -0.25) is 0 Å². The Morgan fingerprint density at radius 2 is 0.821 bits per heavy atom. The molecular formula is C64H42N2O. The number of furan rings is 1. The lowest BCUT2D eigenvalue weighted by atomic mass is 9.96. The van der Waals surface area contributed by atoms with Crippen molar-refractivity contribution < 1.29 is 4.42 Å². The van der Waals surface area contributed by atoms with Crippen molar-refractivity contribution in [3.8, 4) is 50.2 Å². The molecule has 0 amide bonds. The summed E-state index contributed by atoms with van der Waals surface area (Å²) in [6, 6.07) is 91.9. The summed E-state index contributed by atoms with van der Waals surface area (Å²) in [4.78, 5) is 2.42. The van der Waals surface area contributed by atoms with Gasteiger partial charge in [0.2, 0.25) is 0 Å². The normalized spacial score (nSPS) is 11.6. The van der Waals surface area contributed by atoms with Crippen molar-refractivity contribution >= 4 is 71.6 Å². The van der Waals surface area contributed by atoms with Gasteiger partial charge in [-0.15, -0.1) is 0 Å². The van der Waals surface area contributed by atoms with Crippen molar-refractivity contribution in [3.63, 3.8) is 0 Å². The minimum absolute atomic E-state index is 0.885. The number of benzene rings is 11. The van der Waals surface area contributed by atoms with Crippen molar-refractivity contribution in [2.45, 2.75) is 0 Å². The van der Waals surface area contributed by atoms with E-state index in [1.54, 1.807) is 0 Å². The first-order valence-electron chi connectivity index (χ1n) is 22.9. The first-order valence-corrected chi connectivity index (χ1v) is 22.9. The molecule has 3 nitrogen and oxygen atoms in total. The Morgan fingerprint density at radius 3 is 1.57 bits per heavy atom. The smallest absolute Gasteiger partial charge is 0.143 e. The van der Waals surface area contributed by atoms with E-state index in [0.717, 1.165) is 78.1 Å². The zero-order chi connectivity index (χ0) is 44.3. The largest absolute Gasteiger partial charge is 0.455 e. The average Bonchev–Trinajstić information content (AvgIpc) is 3.95. The maximum atomic E-state index is 6.66. The Kier molecular flexibility index (Phi) is 9.17. The van der Waals surface area contributed by atoms with Crippen LogP contribution in [0, 0.1) is 0 Å². The zero-order valence-corrected chi connectivity index (χ0v) is 36.6. The molecule has 0 fully saturated rings. The highest BCUT2D eigenvalue weighted by Crippen LogP contribution is 2.47. The fraction of sp³-hybridized carbons (Fsp3) is 0. The summed E-state index contributed by atoms with van der Waals surface area (Å²) in [6.45, 7) is 0. The van der Waals surface area contributed by atoms with Crippen LogP contribution in [0.5, 0.6) is 0 Å². The highest BCUT2D eigenvalue weighted by atomic mass is 16.3. The third-order valence-corrected chi connectivity index (χ3v) is 13.4. The lowest BCUT2D eigenvalue weighted by molar-refractivity contribution is 0.670. The van der Waals surface area contributed by atoms with Crippen LogP contribution in [0.1, 0.15) is 0 Å². The van der Waals surface area contributed by atoms with Gasteiger partial charge in [-0.2, -0.15) is 0 Å². The van der Waals surface area contributed by atoms with E-state index in [1.807, 2.05) is 6.07 Å². The molecule has 3 heteroatoms. The molecular weight excluding hydrogens is 813 g/mol.